The van der Waals surface area contributed by atoms with E-state index in [2.05, 4.69) is 0 Å². The lowest BCUT2D eigenvalue weighted by Crippen LogP contribution is -2.34. The van der Waals surface area contributed by atoms with Gasteiger partial charge in [-0.2, -0.15) is 0 Å². The number of carbonyl (C=O) groups is 1. The Balaban J connectivity index is 2.41. The monoisotopic (exact) mass is 171 g/mol. The lowest BCUT2D eigenvalue weighted by atomic mass is 9.86. The van der Waals surface area contributed by atoms with Gasteiger partial charge in [-0.1, -0.05) is 6.42 Å². The summed E-state index contributed by atoms with van der Waals surface area (Å²) in [6.07, 6.45) is 4.56. The molecule has 0 bridgehead atoms. The van der Waals surface area contributed by atoms with Crippen molar-refractivity contribution in [2.75, 3.05) is 6.54 Å². The van der Waals surface area contributed by atoms with Crippen LogP contribution >= 0.6 is 0 Å². The average Bonchev–Trinajstić information content (AvgIpc) is 2.04. The molecule has 12 heavy (non-hydrogen) atoms. The molecule has 2 N–H and O–H groups in total. The highest BCUT2D eigenvalue weighted by Gasteiger charge is 2.25. The van der Waals surface area contributed by atoms with E-state index in [1.54, 1.807) is 0 Å². The van der Waals surface area contributed by atoms with Crippen molar-refractivity contribution in [2.45, 2.75) is 38.7 Å². The molecule has 1 rings (SSSR count). The van der Waals surface area contributed by atoms with Gasteiger partial charge in [-0.25, -0.2) is 0 Å². The Bertz CT molecular complexity index is 159. The minimum Gasteiger partial charge on any atom is -0.462 e. The molecule has 1 fully saturated rings. The Hall–Kier alpha value is -0.570. The molecule has 0 radical (unpaired) electrons. The van der Waals surface area contributed by atoms with Gasteiger partial charge in [0.2, 0.25) is 0 Å². The van der Waals surface area contributed by atoms with E-state index in [1.165, 1.54) is 13.3 Å². The normalized spacial score (nSPS) is 29.8. The Labute approximate surface area is 73.3 Å². The van der Waals surface area contributed by atoms with E-state index < -0.39 is 0 Å². The zero-order valence-corrected chi connectivity index (χ0v) is 7.58. The molecule has 0 heterocycles. The van der Waals surface area contributed by atoms with Crippen LogP contribution in [0.25, 0.3) is 0 Å². The van der Waals surface area contributed by atoms with Crippen LogP contribution in [0.3, 0.4) is 0 Å². The topological polar surface area (TPSA) is 52.3 Å². The summed E-state index contributed by atoms with van der Waals surface area (Å²) in [4.78, 5) is 10.7. The van der Waals surface area contributed by atoms with Crippen LogP contribution in [0.5, 0.6) is 0 Å². The van der Waals surface area contributed by atoms with E-state index in [0.717, 1.165) is 19.3 Å². The highest BCUT2D eigenvalue weighted by Crippen LogP contribution is 2.25. The molecule has 70 valence electrons. The van der Waals surface area contributed by atoms with E-state index in [4.69, 9.17) is 10.5 Å². The van der Waals surface area contributed by atoms with Crippen molar-refractivity contribution in [2.24, 2.45) is 11.7 Å². The molecule has 1 aliphatic rings. The third kappa shape index (κ3) is 2.48. The fourth-order valence-corrected chi connectivity index (χ4v) is 1.81. The van der Waals surface area contributed by atoms with Gasteiger partial charge in [0.15, 0.2) is 0 Å². The van der Waals surface area contributed by atoms with Crippen molar-refractivity contribution in [3.05, 3.63) is 0 Å². The third-order valence-corrected chi connectivity index (χ3v) is 2.46. The first-order valence-corrected chi connectivity index (χ1v) is 4.61. The predicted molar refractivity (Wildman–Crippen MR) is 46.6 cm³/mol. The molecule has 1 saturated carbocycles. The summed E-state index contributed by atoms with van der Waals surface area (Å²) in [5.74, 6) is 0.211. The number of ether oxygens (including phenoxy) is 1. The maximum Gasteiger partial charge on any atom is 0.302 e. The summed E-state index contributed by atoms with van der Waals surface area (Å²) >= 11 is 0. The molecule has 3 heteroatoms. The molecular formula is C9H17NO2. The summed E-state index contributed by atoms with van der Waals surface area (Å²) in [5, 5.41) is 0. The highest BCUT2D eigenvalue weighted by molar-refractivity contribution is 5.66. The maximum atomic E-state index is 10.7. The van der Waals surface area contributed by atoms with Crippen molar-refractivity contribution >= 4 is 5.97 Å². The van der Waals surface area contributed by atoms with Crippen LogP contribution in [0, 0.1) is 5.92 Å². The minimum atomic E-state index is -0.180. The van der Waals surface area contributed by atoms with E-state index in [9.17, 15) is 4.79 Å². The quantitative estimate of drug-likeness (QED) is 0.632. The Kier molecular flexibility index (Phi) is 3.53. The Morgan fingerprint density at radius 1 is 1.50 bits per heavy atom. The zero-order valence-electron chi connectivity index (χ0n) is 7.58. The lowest BCUT2D eigenvalue weighted by Gasteiger charge is -2.29. The van der Waals surface area contributed by atoms with Crippen LogP contribution in [0.15, 0.2) is 0 Å². The van der Waals surface area contributed by atoms with Crippen LogP contribution in [0.1, 0.15) is 32.6 Å². The van der Waals surface area contributed by atoms with E-state index in [-0.39, 0.29) is 12.1 Å². The van der Waals surface area contributed by atoms with Crippen molar-refractivity contribution in [3.63, 3.8) is 0 Å². The summed E-state index contributed by atoms with van der Waals surface area (Å²) in [6.45, 7) is 2.10. The standard InChI is InChI=1S/C9H17NO2/c1-7(11)12-9-5-3-2-4-8(9)6-10/h8-9H,2-6,10H2,1H3. The first-order valence-electron chi connectivity index (χ1n) is 4.61. The minimum absolute atomic E-state index is 0.0845. The van der Waals surface area contributed by atoms with E-state index >= 15 is 0 Å². The molecule has 0 amide bonds. The highest BCUT2D eigenvalue weighted by atomic mass is 16.5. The first kappa shape index (κ1) is 9.52. The van der Waals surface area contributed by atoms with E-state index in [1.807, 2.05) is 0 Å². The summed E-state index contributed by atoms with van der Waals surface area (Å²) in [7, 11) is 0. The van der Waals surface area contributed by atoms with Crippen molar-refractivity contribution < 1.29 is 9.53 Å². The largest absolute Gasteiger partial charge is 0.462 e. The van der Waals surface area contributed by atoms with Gasteiger partial charge in [0.05, 0.1) is 0 Å². The molecule has 0 aliphatic heterocycles. The second-order valence-electron chi connectivity index (χ2n) is 3.43. The van der Waals surface area contributed by atoms with Gasteiger partial charge in [-0.3, -0.25) is 4.79 Å². The number of nitrogens with two attached hydrogens (primary N) is 1. The lowest BCUT2D eigenvalue weighted by molar-refractivity contribution is -0.150. The molecule has 0 aromatic rings. The molecule has 2 unspecified atom stereocenters. The fraction of sp³-hybridized carbons (Fsp3) is 0.889. The van der Waals surface area contributed by atoms with Crippen LogP contribution < -0.4 is 5.73 Å². The Morgan fingerprint density at radius 3 is 2.75 bits per heavy atom. The zero-order chi connectivity index (χ0) is 8.97. The smallest absolute Gasteiger partial charge is 0.302 e. The van der Waals surface area contributed by atoms with Gasteiger partial charge in [0, 0.05) is 12.8 Å². The molecule has 0 saturated heterocycles. The summed E-state index contributed by atoms with van der Waals surface area (Å²) in [6, 6.07) is 0. The number of rotatable bonds is 2. The molecule has 0 spiro atoms. The van der Waals surface area contributed by atoms with Crippen molar-refractivity contribution in [3.8, 4) is 0 Å². The van der Waals surface area contributed by atoms with Gasteiger partial charge in [-0.15, -0.1) is 0 Å². The SMILES string of the molecule is CC(=O)OC1CCCCC1CN. The van der Waals surface area contributed by atoms with Gasteiger partial charge in [0.25, 0.3) is 0 Å². The van der Waals surface area contributed by atoms with Crippen LogP contribution in [0.2, 0.25) is 0 Å². The second kappa shape index (κ2) is 4.45. The summed E-state index contributed by atoms with van der Waals surface area (Å²) < 4.78 is 5.18. The molecule has 3 nitrogen and oxygen atoms in total. The molecule has 1 aliphatic carbocycles. The van der Waals surface area contributed by atoms with Crippen LogP contribution in [0.4, 0.5) is 0 Å². The number of hydrogen-bond acceptors (Lipinski definition) is 3. The van der Waals surface area contributed by atoms with Gasteiger partial charge < -0.3 is 10.5 Å². The third-order valence-electron chi connectivity index (χ3n) is 2.46. The number of hydrogen-bond donors (Lipinski definition) is 1. The van der Waals surface area contributed by atoms with Gasteiger partial charge in [-0.05, 0) is 25.8 Å². The predicted octanol–water partition coefficient (Wildman–Crippen LogP) is 1.07. The fourth-order valence-electron chi connectivity index (χ4n) is 1.81. The molecule has 2 atom stereocenters. The Morgan fingerprint density at radius 2 is 2.17 bits per heavy atom. The number of esters is 1. The second-order valence-corrected chi connectivity index (χ2v) is 3.43. The van der Waals surface area contributed by atoms with Gasteiger partial charge >= 0.3 is 5.97 Å². The first-order chi connectivity index (χ1) is 5.74. The summed E-state index contributed by atoms with van der Waals surface area (Å²) in [5.41, 5.74) is 5.58. The molecular weight excluding hydrogens is 154 g/mol. The number of carbonyl (C=O) groups excluding carboxylic acids is 1. The van der Waals surface area contributed by atoms with E-state index in [0.29, 0.717) is 12.5 Å². The van der Waals surface area contributed by atoms with Crippen LogP contribution in [-0.2, 0) is 9.53 Å². The average molecular weight is 171 g/mol. The molecule has 0 aromatic heterocycles. The van der Waals surface area contributed by atoms with Crippen molar-refractivity contribution in [1.82, 2.24) is 0 Å². The van der Waals surface area contributed by atoms with Crippen LogP contribution in [-0.4, -0.2) is 18.6 Å². The molecule has 0 aromatic carbocycles. The van der Waals surface area contributed by atoms with Gasteiger partial charge in [0.1, 0.15) is 6.10 Å². The van der Waals surface area contributed by atoms with Crippen molar-refractivity contribution in [1.29, 1.82) is 0 Å². The maximum absolute atomic E-state index is 10.7.